The number of carbonyl (C=O) groups excluding carboxylic acids is 1. The van der Waals surface area contributed by atoms with Crippen molar-refractivity contribution in [3.05, 3.63) is 35.9 Å². The smallest absolute Gasteiger partial charge is 0.319 e. The number of rotatable bonds is 4. The third kappa shape index (κ3) is 3.92. The monoisotopic (exact) mass is 232 g/mol. The van der Waals surface area contributed by atoms with E-state index >= 15 is 0 Å². The number of hydrogen-bond acceptors (Lipinski definition) is 2. The number of hydrogen-bond donors (Lipinski definition) is 3. The van der Waals surface area contributed by atoms with Crippen molar-refractivity contribution in [2.45, 2.75) is 18.9 Å². The Morgan fingerprint density at radius 1 is 1.47 bits per heavy atom. The van der Waals surface area contributed by atoms with Gasteiger partial charge < -0.3 is 15.7 Å². The molecular weight excluding hydrogens is 216 g/mol. The first-order valence-corrected chi connectivity index (χ1v) is 5.73. The lowest BCUT2D eigenvalue weighted by Crippen LogP contribution is -2.30. The third-order valence-corrected chi connectivity index (χ3v) is 2.47. The number of carbonyl (C=O) groups is 1. The molecule has 0 saturated heterocycles. The molecule has 1 aromatic rings. The largest absolute Gasteiger partial charge is 0.392 e. The van der Waals surface area contributed by atoms with Crippen LogP contribution < -0.4 is 10.6 Å². The van der Waals surface area contributed by atoms with E-state index < -0.39 is 0 Å². The minimum atomic E-state index is -0.157. The average molecular weight is 232 g/mol. The fourth-order valence-electron chi connectivity index (χ4n) is 1.49. The molecule has 4 nitrogen and oxygen atoms in total. The number of aliphatic hydroxyl groups is 1. The Balaban J connectivity index is 1.94. The van der Waals surface area contributed by atoms with E-state index in [1.165, 1.54) is 0 Å². The standard InChI is InChI=1S/C13H16N2O2/c16-8-2-4-10-3-1-5-12(9-10)15-13(17)14-11-6-7-11/h1-5,9,11,16H,6-8H2,(H2,14,15,17)/b4-2+. The molecule has 4 heteroatoms. The quantitative estimate of drug-likeness (QED) is 0.743. The van der Waals surface area contributed by atoms with Gasteiger partial charge in [-0.3, -0.25) is 0 Å². The first-order chi connectivity index (χ1) is 8.28. The van der Waals surface area contributed by atoms with Crippen LogP contribution in [-0.4, -0.2) is 23.8 Å². The zero-order valence-corrected chi connectivity index (χ0v) is 9.52. The van der Waals surface area contributed by atoms with Crippen LogP contribution in [0, 0.1) is 0 Å². The summed E-state index contributed by atoms with van der Waals surface area (Å²) in [4.78, 5) is 11.5. The van der Waals surface area contributed by atoms with Crippen molar-refractivity contribution in [2.24, 2.45) is 0 Å². The van der Waals surface area contributed by atoms with Gasteiger partial charge in [0, 0.05) is 11.7 Å². The van der Waals surface area contributed by atoms with Gasteiger partial charge in [-0.05, 0) is 30.5 Å². The van der Waals surface area contributed by atoms with Crippen LogP contribution in [0.3, 0.4) is 0 Å². The van der Waals surface area contributed by atoms with Crippen LogP contribution >= 0.6 is 0 Å². The second-order valence-corrected chi connectivity index (χ2v) is 4.08. The molecule has 1 saturated carbocycles. The second-order valence-electron chi connectivity index (χ2n) is 4.08. The lowest BCUT2D eigenvalue weighted by atomic mass is 10.2. The summed E-state index contributed by atoms with van der Waals surface area (Å²) in [5.74, 6) is 0. The molecule has 90 valence electrons. The number of benzene rings is 1. The molecule has 2 rings (SSSR count). The van der Waals surface area contributed by atoms with Gasteiger partial charge in [-0.15, -0.1) is 0 Å². The summed E-state index contributed by atoms with van der Waals surface area (Å²) >= 11 is 0. The molecule has 0 unspecified atom stereocenters. The van der Waals surface area contributed by atoms with Crippen molar-refractivity contribution in [3.63, 3.8) is 0 Å². The minimum Gasteiger partial charge on any atom is -0.392 e. The van der Waals surface area contributed by atoms with E-state index in [9.17, 15) is 4.79 Å². The Morgan fingerprint density at radius 3 is 3.00 bits per heavy atom. The van der Waals surface area contributed by atoms with Crippen molar-refractivity contribution in [2.75, 3.05) is 11.9 Å². The SMILES string of the molecule is O=C(Nc1cccc(/C=C/CO)c1)NC1CC1. The Bertz CT molecular complexity index is 425. The van der Waals surface area contributed by atoms with Gasteiger partial charge in [0.2, 0.25) is 0 Å². The van der Waals surface area contributed by atoms with E-state index in [0.717, 1.165) is 24.1 Å². The molecule has 0 radical (unpaired) electrons. The molecule has 0 spiro atoms. The molecular formula is C13H16N2O2. The summed E-state index contributed by atoms with van der Waals surface area (Å²) in [6.45, 7) is 0.0137. The van der Waals surface area contributed by atoms with Crippen molar-refractivity contribution in [1.82, 2.24) is 5.32 Å². The lowest BCUT2D eigenvalue weighted by molar-refractivity contribution is 0.251. The molecule has 2 amide bonds. The fourth-order valence-corrected chi connectivity index (χ4v) is 1.49. The van der Waals surface area contributed by atoms with Crippen LogP contribution in [0.5, 0.6) is 0 Å². The van der Waals surface area contributed by atoms with Crippen molar-refractivity contribution < 1.29 is 9.90 Å². The third-order valence-electron chi connectivity index (χ3n) is 2.47. The molecule has 0 atom stereocenters. The van der Waals surface area contributed by atoms with Gasteiger partial charge in [-0.25, -0.2) is 4.79 Å². The normalized spacial score (nSPS) is 14.9. The number of amides is 2. The van der Waals surface area contributed by atoms with Gasteiger partial charge in [0.15, 0.2) is 0 Å². The highest BCUT2D eigenvalue weighted by Gasteiger charge is 2.23. The predicted octanol–water partition coefficient (Wildman–Crippen LogP) is 1.98. The van der Waals surface area contributed by atoms with Crippen LogP contribution in [0.15, 0.2) is 30.3 Å². The zero-order valence-electron chi connectivity index (χ0n) is 9.52. The average Bonchev–Trinajstić information content (AvgIpc) is 3.10. The van der Waals surface area contributed by atoms with Crippen molar-refractivity contribution >= 4 is 17.8 Å². The van der Waals surface area contributed by atoms with Gasteiger partial charge in [0.1, 0.15) is 0 Å². The molecule has 0 heterocycles. The molecule has 1 fully saturated rings. The Kier molecular flexibility index (Phi) is 3.77. The number of urea groups is 1. The minimum absolute atomic E-state index is 0.0137. The number of aliphatic hydroxyl groups excluding tert-OH is 1. The van der Waals surface area contributed by atoms with E-state index in [0.29, 0.717) is 6.04 Å². The highest BCUT2D eigenvalue weighted by molar-refractivity contribution is 5.89. The first-order valence-electron chi connectivity index (χ1n) is 5.73. The molecule has 17 heavy (non-hydrogen) atoms. The summed E-state index contributed by atoms with van der Waals surface area (Å²) in [5, 5.41) is 14.3. The maximum Gasteiger partial charge on any atom is 0.319 e. The molecule has 1 aliphatic rings. The summed E-state index contributed by atoms with van der Waals surface area (Å²) < 4.78 is 0. The second kappa shape index (κ2) is 5.50. The molecule has 1 aromatic carbocycles. The topological polar surface area (TPSA) is 61.4 Å². The highest BCUT2D eigenvalue weighted by atomic mass is 16.2. The maximum atomic E-state index is 11.5. The highest BCUT2D eigenvalue weighted by Crippen LogP contribution is 2.19. The fraction of sp³-hybridized carbons (Fsp3) is 0.308. The zero-order chi connectivity index (χ0) is 12.1. The van der Waals surface area contributed by atoms with E-state index in [2.05, 4.69) is 10.6 Å². The molecule has 3 N–H and O–H groups in total. The van der Waals surface area contributed by atoms with Crippen LogP contribution in [0.2, 0.25) is 0 Å². The van der Waals surface area contributed by atoms with E-state index in [1.807, 2.05) is 30.3 Å². The molecule has 0 aliphatic heterocycles. The Labute approximate surface area is 100 Å². The number of nitrogens with one attached hydrogen (secondary N) is 2. The van der Waals surface area contributed by atoms with E-state index in [4.69, 9.17) is 5.11 Å². The van der Waals surface area contributed by atoms with Crippen molar-refractivity contribution in [1.29, 1.82) is 0 Å². The Morgan fingerprint density at radius 2 is 2.29 bits per heavy atom. The Hall–Kier alpha value is -1.81. The van der Waals surface area contributed by atoms with Crippen LogP contribution in [0.4, 0.5) is 10.5 Å². The van der Waals surface area contributed by atoms with Crippen LogP contribution in [-0.2, 0) is 0 Å². The predicted molar refractivity (Wildman–Crippen MR) is 67.7 cm³/mol. The molecule has 0 bridgehead atoms. The van der Waals surface area contributed by atoms with Crippen LogP contribution in [0.1, 0.15) is 18.4 Å². The summed E-state index contributed by atoms with van der Waals surface area (Å²) in [7, 11) is 0. The number of anilines is 1. The summed E-state index contributed by atoms with van der Waals surface area (Å²) in [6.07, 6.45) is 5.62. The summed E-state index contributed by atoms with van der Waals surface area (Å²) in [6, 6.07) is 7.67. The van der Waals surface area contributed by atoms with Crippen LogP contribution in [0.25, 0.3) is 6.08 Å². The molecule has 1 aliphatic carbocycles. The van der Waals surface area contributed by atoms with Gasteiger partial charge in [-0.2, -0.15) is 0 Å². The van der Waals surface area contributed by atoms with Gasteiger partial charge in [0.05, 0.1) is 6.61 Å². The van der Waals surface area contributed by atoms with Gasteiger partial charge >= 0.3 is 6.03 Å². The molecule has 0 aromatic heterocycles. The van der Waals surface area contributed by atoms with Crippen molar-refractivity contribution in [3.8, 4) is 0 Å². The lowest BCUT2D eigenvalue weighted by Gasteiger charge is -2.06. The summed E-state index contributed by atoms with van der Waals surface area (Å²) in [5.41, 5.74) is 1.70. The van der Waals surface area contributed by atoms with Gasteiger partial charge in [-0.1, -0.05) is 24.3 Å². The van der Waals surface area contributed by atoms with E-state index in [1.54, 1.807) is 6.08 Å². The first kappa shape index (κ1) is 11.7. The maximum absolute atomic E-state index is 11.5. The van der Waals surface area contributed by atoms with E-state index in [-0.39, 0.29) is 12.6 Å². The van der Waals surface area contributed by atoms with Gasteiger partial charge in [0.25, 0.3) is 0 Å².